The van der Waals surface area contributed by atoms with Crippen LogP contribution in [0, 0.1) is 0 Å². The van der Waals surface area contributed by atoms with Gasteiger partial charge in [-0.25, -0.2) is 9.48 Å². The van der Waals surface area contributed by atoms with E-state index in [1.807, 2.05) is 42.5 Å². The lowest BCUT2D eigenvalue weighted by Crippen LogP contribution is -2.12. The van der Waals surface area contributed by atoms with Crippen molar-refractivity contribution < 1.29 is 14.3 Å². The fourth-order valence-electron chi connectivity index (χ4n) is 3.03. The van der Waals surface area contributed by atoms with Gasteiger partial charge in [0.1, 0.15) is 0 Å². The third-order valence-corrected chi connectivity index (χ3v) is 4.93. The molecule has 0 N–H and O–H groups in total. The second kappa shape index (κ2) is 9.85. The number of hydrogen-bond acceptors (Lipinski definition) is 5. The van der Waals surface area contributed by atoms with Gasteiger partial charge in [0.15, 0.2) is 12.4 Å². The molecule has 0 saturated carbocycles. The zero-order chi connectivity index (χ0) is 22.3. The Morgan fingerprint density at radius 2 is 1.66 bits per heavy atom. The molecule has 3 aromatic carbocycles. The van der Waals surface area contributed by atoms with Crippen LogP contribution in [0.4, 0.5) is 0 Å². The molecular formula is C25H18ClN3O3. The Morgan fingerprint density at radius 1 is 0.938 bits per heavy atom. The van der Waals surface area contributed by atoms with Crippen LogP contribution >= 0.6 is 11.6 Å². The molecule has 0 amide bonds. The van der Waals surface area contributed by atoms with Crippen molar-refractivity contribution in [1.29, 1.82) is 0 Å². The fourth-order valence-corrected chi connectivity index (χ4v) is 3.15. The van der Waals surface area contributed by atoms with Gasteiger partial charge in [-0.2, -0.15) is 0 Å². The zero-order valence-corrected chi connectivity index (χ0v) is 17.6. The van der Waals surface area contributed by atoms with Crippen molar-refractivity contribution in [1.82, 2.24) is 15.0 Å². The van der Waals surface area contributed by atoms with E-state index in [9.17, 15) is 9.59 Å². The molecule has 4 aromatic rings. The molecule has 0 aliphatic carbocycles. The highest BCUT2D eigenvalue weighted by molar-refractivity contribution is 6.30. The van der Waals surface area contributed by atoms with Gasteiger partial charge in [0.05, 0.1) is 17.6 Å². The minimum Gasteiger partial charge on any atom is -0.454 e. The highest BCUT2D eigenvalue weighted by atomic mass is 35.5. The lowest BCUT2D eigenvalue weighted by atomic mass is 10.1. The van der Waals surface area contributed by atoms with Crippen LogP contribution in [-0.2, 0) is 9.53 Å². The number of halogens is 1. The minimum absolute atomic E-state index is 0.297. The van der Waals surface area contributed by atoms with Gasteiger partial charge >= 0.3 is 5.97 Å². The summed E-state index contributed by atoms with van der Waals surface area (Å²) in [6.45, 7) is -0.337. The molecule has 1 aromatic heterocycles. The smallest absolute Gasteiger partial charge is 0.331 e. The van der Waals surface area contributed by atoms with Gasteiger partial charge in [-0.05, 0) is 48.0 Å². The molecule has 0 unspecified atom stereocenters. The molecule has 0 fully saturated rings. The van der Waals surface area contributed by atoms with Crippen LogP contribution < -0.4 is 0 Å². The summed E-state index contributed by atoms with van der Waals surface area (Å²) in [6.07, 6.45) is 4.59. The average Bonchev–Trinajstić information content (AvgIpc) is 3.32. The number of Topliss-reactive ketones (excluding diaryl/α,β-unsaturated/α-hetero) is 1. The summed E-state index contributed by atoms with van der Waals surface area (Å²) < 4.78 is 6.73. The maximum atomic E-state index is 12.4. The first-order chi connectivity index (χ1) is 15.6. The van der Waals surface area contributed by atoms with E-state index in [1.165, 1.54) is 6.08 Å². The highest BCUT2D eigenvalue weighted by Gasteiger charge is 2.12. The molecule has 1 heterocycles. The van der Waals surface area contributed by atoms with Crippen molar-refractivity contribution in [3.05, 3.63) is 107 Å². The largest absolute Gasteiger partial charge is 0.454 e. The predicted octanol–water partition coefficient (Wildman–Crippen LogP) is 5.03. The van der Waals surface area contributed by atoms with Crippen molar-refractivity contribution in [2.45, 2.75) is 0 Å². The molecule has 0 atom stereocenters. The van der Waals surface area contributed by atoms with Gasteiger partial charge in [0, 0.05) is 22.2 Å². The van der Waals surface area contributed by atoms with Gasteiger partial charge in [-0.15, -0.1) is 5.10 Å². The molecular weight excluding hydrogens is 426 g/mol. The summed E-state index contributed by atoms with van der Waals surface area (Å²) in [4.78, 5) is 24.3. The molecule has 158 valence electrons. The first-order valence-electron chi connectivity index (χ1n) is 9.80. The van der Waals surface area contributed by atoms with Crippen molar-refractivity contribution in [3.63, 3.8) is 0 Å². The number of esters is 1. The summed E-state index contributed by atoms with van der Waals surface area (Å²) in [5.74, 6) is -0.872. The van der Waals surface area contributed by atoms with Crippen LogP contribution in [0.15, 0.2) is 91.1 Å². The first-order valence-corrected chi connectivity index (χ1v) is 10.2. The number of hydrogen-bond donors (Lipinski definition) is 0. The van der Waals surface area contributed by atoms with Crippen molar-refractivity contribution in [3.8, 4) is 16.9 Å². The van der Waals surface area contributed by atoms with E-state index in [0.29, 0.717) is 10.6 Å². The van der Waals surface area contributed by atoms with Crippen molar-refractivity contribution in [2.75, 3.05) is 6.61 Å². The first kappa shape index (κ1) is 21.2. The molecule has 0 bridgehead atoms. The number of rotatable bonds is 7. The Hall–Kier alpha value is -4.03. The van der Waals surface area contributed by atoms with Crippen LogP contribution in [0.1, 0.15) is 15.9 Å². The molecule has 7 heteroatoms. The Bertz CT molecular complexity index is 1250. The zero-order valence-electron chi connectivity index (χ0n) is 16.9. The van der Waals surface area contributed by atoms with E-state index in [-0.39, 0.29) is 12.4 Å². The average molecular weight is 444 g/mol. The quantitative estimate of drug-likeness (QED) is 0.227. The van der Waals surface area contributed by atoms with Crippen molar-refractivity contribution in [2.24, 2.45) is 0 Å². The lowest BCUT2D eigenvalue weighted by Gasteiger charge is -2.08. The van der Waals surface area contributed by atoms with Gasteiger partial charge < -0.3 is 4.74 Å². The second-order valence-electron chi connectivity index (χ2n) is 6.86. The predicted molar refractivity (Wildman–Crippen MR) is 123 cm³/mol. The van der Waals surface area contributed by atoms with E-state index >= 15 is 0 Å². The van der Waals surface area contributed by atoms with Crippen molar-refractivity contribution >= 4 is 29.4 Å². The number of carbonyl (C=O) groups is 2. The van der Waals surface area contributed by atoms with E-state index < -0.39 is 5.97 Å². The lowest BCUT2D eigenvalue weighted by molar-refractivity contribution is -0.136. The highest BCUT2D eigenvalue weighted by Crippen LogP contribution is 2.23. The monoisotopic (exact) mass is 443 g/mol. The minimum atomic E-state index is -0.575. The van der Waals surface area contributed by atoms with Gasteiger partial charge in [-0.1, -0.05) is 59.3 Å². The number of benzene rings is 3. The van der Waals surface area contributed by atoms with Crippen LogP contribution in [0.2, 0.25) is 5.02 Å². The molecule has 0 radical (unpaired) electrons. The van der Waals surface area contributed by atoms with E-state index in [0.717, 1.165) is 22.5 Å². The summed E-state index contributed by atoms with van der Waals surface area (Å²) in [5.41, 5.74) is 3.75. The third kappa shape index (κ3) is 5.17. The molecule has 0 aliphatic rings. The molecule has 32 heavy (non-hydrogen) atoms. The SMILES string of the molecule is O=C(C=Cc1ccccc1)OCC(=O)c1ccc(-n2nncc2-c2ccc(Cl)cc2)cc1. The third-order valence-electron chi connectivity index (χ3n) is 4.68. The molecule has 0 aliphatic heterocycles. The van der Waals surface area contributed by atoms with Gasteiger partial charge in [0.2, 0.25) is 0 Å². The summed E-state index contributed by atoms with van der Waals surface area (Å²) in [7, 11) is 0. The Labute approximate surface area is 189 Å². The number of aromatic nitrogens is 3. The maximum absolute atomic E-state index is 12.4. The summed E-state index contributed by atoms with van der Waals surface area (Å²) in [6, 6.07) is 23.6. The van der Waals surface area contributed by atoms with Crippen LogP contribution in [0.25, 0.3) is 23.0 Å². The molecule has 0 spiro atoms. The molecule has 6 nitrogen and oxygen atoms in total. The summed E-state index contributed by atoms with van der Waals surface area (Å²) in [5, 5.41) is 8.77. The Balaban J connectivity index is 1.39. The molecule has 4 rings (SSSR count). The van der Waals surface area contributed by atoms with E-state index in [4.69, 9.17) is 16.3 Å². The maximum Gasteiger partial charge on any atom is 0.331 e. The topological polar surface area (TPSA) is 74.1 Å². The normalized spacial score (nSPS) is 10.9. The van der Waals surface area contributed by atoms with E-state index in [2.05, 4.69) is 10.3 Å². The summed E-state index contributed by atoms with van der Waals surface area (Å²) >= 11 is 5.96. The van der Waals surface area contributed by atoms with Crippen LogP contribution in [0.5, 0.6) is 0 Å². The number of ether oxygens (including phenoxy) is 1. The Kier molecular flexibility index (Phi) is 6.53. The number of carbonyl (C=O) groups excluding carboxylic acids is 2. The standard InChI is InChI=1S/C25H18ClN3O3/c26-21-11-7-19(8-12-21)23-16-27-28-29(23)22-13-9-20(10-14-22)24(30)17-32-25(31)15-6-18-4-2-1-3-5-18/h1-16H,17H2. The number of ketones is 1. The van der Waals surface area contributed by atoms with Gasteiger partial charge in [0.25, 0.3) is 0 Å². The Morgan fingerprint density at radius 3 is 2.38 bits per heavy atom. The van der Waals surface area contributed by atoms with Crippen LogP contribution in [0.3, 0.4) is 0 Å². The molecule has 0 saturated heterocycles. The van der Waals surface area contributed by atoms with Crippen LogP contribution in [-0.4, -0.2) is 33.4 Å². The number of nitrogens with zero attached hydrogens (tertiary/aromatic N) is 3. The second-order valence-corrected chi connectivity index (χ2v) is 7.30. The van der Waals surface area contributed by atoms with E-state index in [1.54, 1.807) is 53.4 Å². The fraction of sp³-hybridized carbons (Fsp3) is 0.0400. The van der Waals surface area contributed by atoms with Gasteiger partial charge in [-0.3, -0.25) is 4.79 Å².